The molecular formula is C18H22N4O. The van der Waals surface area contributed by atoms with Crippen molar-refractivity contribution >= 4 is 5.95 Å². The zero-order chi connectivity index (χ0) is 15.5. The molecule has 2 aromatic heterocycles. The van der Waals surface area contributed by atoms with Gasteiger partial charge in [-0.2, -0.15) is 0 Å². The summed E-state index contributed by atoms with van der Waals surface area (Å²) in [6.07, 6.45) is 10.2. The number of anilines is 1. The molecule has 5 nitrogen and oxygen atoms in total. The van der Waals surface area contributed by atoms with Gasteiger partial charge in [-0.05, 0) is 42.9 Å². The first-order valence-corrected chi connectivity index (χ1v) is 8.37. The first-order valence-electron chi connectivity index (χ1n) is 8.37. The average molecular weight is 310 g/mol. The average Bonchev–Trinajstić information content (AvgIpc) is 2.99. The van der Waals surface area contributed by atoms with Gasteiger partial charge in [0.1, 0.15) is 0 Å². The van der Waals surface area contributed by atoms with Gasteiger partial charge in [0.25, 0.3) is 0 Å². The molecule has 2 aromatic rings. The highest BCUT2D eigenvalue weighted by Gasteiger charge is 2.42. The van der Waals surface area contributed by atoms with Crippen LogP contribution in [0.25, 0.3) is 0 Å². The van der Waals surface area contributed by atoms with Crippen LogP contribution in [0.1, 0.15) is 25.0 Å². The number of aromatic nitrogens is 3. The van der Waals surface area contributed by atoms with Gasteiger partial charge in [0.2, 0.25) is 5.95 Å². The standard InChI is InChI=1S/C18H22N4O/c1-2-7-19-15(4-1)12-16-13-18(14-23-16)5-10-22(11-6-18)17-20-8-3-9-21-17/h1-4,7-9,16H,5-6,10-14H2. The Bertz CT molecular complexity index is 626. The Kier molecular flexibility index (Phi) is 3.95. The quantitative estimate of drug-likeness (QED) is 0.872. The number of hydrogen-bond acceptors (Lipinski definition) is 5. The molecule has 0 aliphatic carbocycles. The number of ether oxygens (including phenoxy) is 1. The lowest BCUT2D eigenvalue weighted by atomic mass is 9.76. The zero-order valence-corrected chi connectivity index (χ0v) is 13.3. The van der Waals surface area contributed by atoms with Crippen LogP contribution in [-0.2, 0) is 11.2 Å². The number of pyridine rings is 1. The van der Waals surface area contributed by atoms with Gasteiger partial charge in [0.15, 0.2) is 0 Å². The van der Waals surface area contributed by atoms with E-state index in [2.05, 4.69) is 25.9 Å². The van der Waals surface area contributed by atoms with Crippen molar-refractivity contribution in [3.8, 4) is 0 Å². The smallest absolute Gasteiger partial charge is 0.225 e. The Labute approximate surface area is 136 Å². The molecule has 23 heavy (non-hydrogen) atoms. The van der Waals surface area contributed by atoms with Gasteiger partial charge in [0.05, 0.1) is 12.7 Å². The Balaban J connectivity index is 1.35. The fourth-order valence-electron chi connectivity index (χ4n) is 3.76. The third-order valence-corrected chi connectivity index (χ3v) is 5.11. The SMILES string of the molecule is c1ccc(CC2CC3(CCN(c4ncccn4)CC3)CO2)nc1. The summed E-state index contributed by atoms with van der Waals surface area (Å²) < 4.78 is 6.10. The molecule has 4 heterocycles. The van der Waals surface area contributed by atoms with Gasteiger partial charge < -0.3 is 9.64 Å². The highest BCUT2D eigenvalue weighted by Crippen LogP contribution is 2.42. The van der Waals surface area contributed by atoms with E-state index >= 15 is 0 Å². The summed E-state index contributed by atoms with van der Waals surface area (Å²) >= 11 is 0. The molecule has 2 fully saturated rings. The van der Waals surface area contributed by atoms with Gasteiger partial charge >= 0.3 is 0 Å². The Morgan fingerprint density at radius 3 is 2.57 bits per heavy atom. The fraction of sp³-hybridized carbons (Fsp3) is 0.500. The van der Waals surface area contributed by atoms with E-state index in [1.54, 1.807) is 0 Å². The van der Waals surface area contributed by atoms with Crippen LogP contribution in [0.3, 0.4) is 0 Å². The van der Waals surface area contributed by atoms with E-state index in [1.165, 1.54) is 0 Å². The summed E-state index contributed by atoms with van der Waals surface area (Å²) in [7, 11) is 0. The van der Waals surface area contributed by atoms with Crippen LogP contribution in [0.4, 0.5) is 5.95 Å². The van der Waals surface area contributed by atoms with Crippen molar-refractivity contribution in [2.24, 2.45) is 5.41 Å². The van der Waals surface area contributed by atoms with E-state index < -0.39 is 0 Å². The van der Waals surface area contributed by atoms with Gasteiger partial charge in [-0.25, -0.2) is 9.97 Å². The lowest BCUT2D eigenvalue weighted by Crippen LogP contribution is -2.41. The Morgan fingerprint density at radius 1 is 1.04 bits per heavy atom. The molecule has 0 radical (unpaired) electrons. The van der Waals surface area contributed by atoms with E-state index in [0.717, 1.165) is 57.0 Å². The highest BCUT2D eigenvalue weighted by atomic mass is 16.5. The Morgan fingerprint density at radius 2 is 1.83 bits per heavy atom. The molecule has 0 saturated carbocycles. The fourth-order valence-corrected chi connectivity index (χ4v) is 3.76. The number of hydrogen-bond donors (Lipinski definition) is 0. The third-order valence-electron chi connectivity index (χ3n) is 5.11. The lowest BCUT2D eigenvalue weighted by Gasteiger charge is -2.38. The maximum atomic E-state index is 6.10. The molecule has 0 bridgehead atoms. The zero-order valence-electron chi connectivity index (χ0n) is 13.3. The molecule has 2 aliphatic heterocycles. The number of rotatable bonds is 3. The van der Waals surface area contributed by atoms with Crippen molar-refractivity contribution in [2.75, 3.05) is 24.6 Å². The first kappa shape index (κ1) is 14.6. The molecule has 2 saturated heterocycles. The summed E-state index contributed by atoms with van der Waals surface area (Å²) in [6, 6.07) is 7.96. The third kappa shape index (κ3) is 3.20. The van der Waals surface area contributed by atoms with Crippen molar-refractivity contribution < 1.29 is 4.74 Å². The van der Waals surface area contributed by atoms with Crippen LogP contribution in [-0.4, -0.2) is 40.8 Å². The molecule has 120 valence electrons. The van der Waals surface area contributed by atoms with Crippen LogP contribution < -0.4 is 4.90 Å². The normalized spacial score (nSPS) is 23.3. The number of nitrogens with zero attached hydrogens (tertiary/aromatic N) is 4. The summed E-state index contributed by atoms with van der Waals surface area (Å²) in [5.74, 6) is 0.853. The largest absolute Gasteiger partial charge is 0.377 e. The second-order valence-electron chi connectivity index (χ2n) is 6.70. The van der Waals surface area contributed by atoms with Crippen molar-refractivity contribution in [1.29, 1.82) is 0 Å². The minimum absolute atomic E-state index is 0.310. The number of piperidine rings is 1. The first-order chi connectivity index (χ1) is 11.3. The van der Waals surface area contributed by atoms with E-state index in [4.69, 9.17) is 4.74 Å². The van der Waals surface area contributed by atoms with Crippen LogP contribution in [0, 0.1) is 5.41 Å². The molecule has 0 aromatic carbocycles. The Hall–Kier alpha value is -2.01. The predicted molar refractivity (Wildman–Crippen MR) is 88.2 cm³/mol. The summed E-state index contributed by atoms with van der Waals surface area (Å²) in [4.78, 5) is 15.4. The highest BCUT2D eigenvalue weighted by molar-refractivity contribution is 5.29. The molecule has 4 rings (SSSR count). The van der Waals surface area contributed by atoms with Crippen molar-refractivity contribution in [3.63, 3.8) is 0 Å². The molecule has 2 aliphatic rings. The molecule has 0 N–H and O–H groups in total. The topological polar surface area (TPSA) is 51.1 Å². The van der Waals surface area contributed by atoms with E-state index in [1.807, 2.05) is 36.8 Å². The maximum Gasteiger partial charge on any atom is 0.225 e. The van der Waals surface area contributed by atoms with E-state index in [0.29, 0.717) is 11.5 Å². The molecular weight excluding hydrogens is 288 g/mol. The summed E-state index contributed by atoms with van der Waals surface area (Å²) in [5, 5.41) is 0. The van der Waals surface area contributed by atoms with E-state index in [9.17, 15) is 0 Å². The lowest BCUT2D eigenvalue weighted by molar-refractivity contribution is 0.0881. The van der Waals surface area contributed by atoms with Gasteiger partial charge in [0, 0.05) is 43.8 Å². The van der Waals surface area contributed by atoms with Crippen molar-refractivity contribution in [2.45, 2.75) is 31.8 Å². The van der Waals surface area contributed by atoms with E-state index in [-0.39, 0.29) is 0 Å². The summed E-state index contributed by atoms with van der Waals surface area (Å²) in [6.45, 7) is 2.92. The second kappa shape index (κ2) is 6.24. The van der Waals surface area contributed by atoms with Crippen LogP contribution in [0.15, 0.2) is 42.9 Å². The molecule has 0 amide bonds. The maximum absolute atomic E-state index is 6.10. The minimum atomic E-state index is 0.310. The van der Waals surface area contributed by atoms with Gasteiger partial charge in [-0.1, -0.05) is 6.07 Å². The van der Waals surface area contributed by atoms with Crippen LogP contribution >= 0.6 is 0 Å². The monoisotopic (exact) mass is 310 g/mol. The second-order valence-corrected chi connectivity index (χ2v) is 6.70. The molecule has 1 atom stereocenters. The minimum Gasteiger partial charge on any atom is -0.377 e. The molecule has 5 heteroatoms. The van der Waals surface area contributed by atoms with Crippen molar-refractivity contribution in [3.05, 3.63) is 48.5 Å². The van der Waals surface area contributed by atoms with Gasteiger partial charge in [-0.15, -0.1) is 0 Å². The van der Waals surface area contributed by atoms with Crippen LogP contribution in [0.5, 0.6) is 0 Å². The summed E-state index contributed by atoms with van der Waals surface area (Å²) in [5.41, 5.74) is 1.47. The van der Waals surface area contributed by atoms with Crippen LogP contribution in [0.2, 0.25) is 0 Å². The molecule has 1 spiro atoms. The van der Waals surface area contributed by atoms with Crippen molar-refractivity contribution in [1.82, 2.24) is 15.0 Å². The predicted octanol–water partition coefficient (Wildman–Crippen LogP) is 2.49. The van der Waals surface area contributed by atoms with Gasteiger partial charge in [-0.3, -0.25) is 4.98 Å². The molecule has 1 unspecified atom stereocenters.